The van der Waals surface area contributed by atoms with Gasteiger partial charge in [-0.2, -0.15) is 5.26 Å². The summed E-state index contributed by atoms with van der Waals surface area (Å²) in [5, 5.41) is 16.3. The first-order valence-electron chi connectivity index (χ1n) is 11.9. The van der Waals surface area contributed by atoms with Gasteiger partial charge < -0.3 is 19.5 Å². The topological polar surface area (TPSA) is 76.4 Å². The molecule has 0 unspecified atom stereocenters. The van der Waals surface area contributed by atoms with Crippen LogP contribution in [0, 0.1) is 11.3 Å². The van der Waals surface area contributed by atoms with Crippen LogP contribution in [0.2, 0.25) is 5.02 Å². The fraction of sp³-hybridized carbons (Fsp3) is 0.133. The van der Waals surface area contributed by atoms with Crippen LogP contribution in [-0.2, 0) is 6.61 Å². The third-order valence-electron chi connectivity index (χ3n) is 6.00. The fourth-order valence-electron chi connectivity index (χ4n) is 4.16. The molecule has 0 aliphatic rings. The SMILES string of the molecule is COc1cc2cc3ncc(C#N)c(Nc4ccc(OCc5ccccc5)c(Cl)c4)c3cc2cc1OCCCl. The summed E-state index contributed by atoms with van der Waals surface area (Å²) >= 11 is 12.4. The second-order valence-corrected chi connectivity index (χ2v) is 9.25. The third-order valence-corrected chi connectivity index (χ3v) is 6.45. The van der Waals surface area contributed by atoms with Crippen LogP contribution in [0.15, 0.2) is 79.0 Å². The minimum Gasteiger partial charge on any atom is -0.493 e. The van der Waals surface area contributed by atoms with E-state index in [0.29, 0.717) is 58.3 Å². The van der Waals surface area contributed by atoms with E-state index in [0.717, 1.165) is 27.2 Å². The van der Waals surface area contributed by atoms with Gasteiger partial charge in [-0.3, -0.25) is 4.98 Å². The summed E-state index contributed by atoms with van der Waals surface area (Å²) in [5.74, 6) is 2.14. The number of alkyl halides is 1. The molecule has 1 N–H and O–H groups in total. The van der Waals surface area contributed by atoms with Crippen LogP contribution in [0.1, 0.15) is 11.1 Å². The maximum Gasteiger partial charge on any atom is 0.161 e. The molecule has 0 spiro atoms. The van der Waals surface area contributed by atoms with Crippen LogP contribution in [0.5, 0.6) is 17.2 Å². The first kappa shape index (κ1) is 25.5. The second kappa shape index (κ2) is 11.5. The maximum absolute atomic E-state index is 9.83. The van der Waals surface area contributed by atoms with Gasteiger partial charge in [-0.15, -0.1) is 11.6 Å². The maximum atomic E-state index is 9.83. The minimum absolute atomic E-state index is 0.357. The number of nitrogens with zero attached hydrogens (tertiary/aromatic N) is 2. The third kappa shape index (κ3) is 5.40. The van der Waals surface area contributed by atoms with Crippen molar-refractivity contribution in [1.29, 1.82) is 5.26 Å². The normalized spacial score (nSPS) is 10.8. The molecule has 38 heavy (non-hydrogen) atoms. The number of nitriles is 1. The molecule has 0 bridgehead atoms. The molecule has 0 amide bonds. The van der Waals surface area contributed by atoms with E-state index >= 15 is 0 Å². The van der Waals surface area contributed by atoms with Crippen LogP contribution < -0.4 is 19.5 Å². The molecule has 190 valence electrons. The molecule has 6 nitrogen and oxygen atoms in total. The van der Waals surface area contributed by atoms with Crippen molar-refractivity contribution < 1.29 is 14.2 Å². The predicted molar refractivity (Wildman–Crippen MR) is 152 cm³/mol. The highest BCUT2D eigenvalue weighted by Crippen LogP contribution is 2.38. The molecule has 0 radical (unpaired) electrons. The van der Waals surface area contributed by atoms with Gasteiger partial charge in [0, 0.05) is 17.3 Å². The predicted octanol–water partition coefficient (Wildman–Crippen LogP) is 7.86. The molecule has 0 aliphatic heterocycles. The number of methoxy groups -OCH3 is 1. The Morgan fingerprint density at radius 1 is 0.921 bits per heavy atom. The second-order valence-electron chi connectivity index (χ2n) is 8.46. The van der Waals surface area contributed by atoms with Gasteiger partial charge in [0.05, 0.1) is 34.8 Å². The van der Waals surface area contributed by atoms with E-state index in [-0.39, 0.29) is 0 Å². The summed E-state index contributed by atoms with van der Waals surface area (Å²) < 4.78 is 17.2. The van der Waals surface area contributed by atoms with Gasteiger partial charge in [-0.05, 0) is 58.8 Å². The van der Waals surface area contributed by atoms with Gasteiger partial charge >= 0.3 is 0 Å². The zero-order chi connectivity index (χ0) is 26.5. The lowest BCUT2D eigenvalue weighted by Gasteiger charge is -2.15. The van der Waals surface area contributed by atoms with E-state index in [1.165, 1.54) is 0 Å². The van der Waals surface area contributed by atoms with E-state index in [9.17, 15) is 5.26 Å². The smallest absolute Gasteiger partial charge is 0.161 e. The van der Waals surface area contributed by atoms with Crippen molar-refractivity contribution in [1.82, 2.24) is 4.98 Å². The van der Waals surface area contributed by atoms with Crippen molar-refractivity contribution in [2.24, 2.45) is 0 Å². The Bertz CT molecular complexity index is 1650. The molecule has 0 atom stereocenters. The largest absolute Gasteiger partial charge is 0.493 e. The number of pyridine rings is 1. The average Bonchev–Trinajstić information content (AvgIpc) is 2.95. The number of aromatic nitrogens is 1. The molecule has 1 aromatic heterocycles. The zero-order valence-electron chi connectivity index (χ0n) is 20.5. The first-order valence-corrected chi connectivity index (χ1v) is 12.8. The van der Waals surface area contributed by atoms with Crippen molar-refractivity contribution in [3.8, 4) is 23.3 Å². The quantitative estimate of drug-likeness (QED) is 0.150. The number of fused-ring (bicyclic) bond motifs is 2. The zero-order valence-corrected chi connectivity index (χ0v) is 22.0. The van der Waals surface area contributed by atoms with Crippen molar-refractivity contribution in [3.63, 3.8) is 0 Å². The molecular formula is C30H23Cl2N3O3. The van der Waals surface area contributed by atoms with Gasteiger partial charge in [-0.1, -0.05) is 41.9 Å². The summed E-state index contributed by atoms with van der Waals surface area (Å²) in [4.78, 5) is 4.52. The molecule has 8 heteroatoms. The number of anilines is 2. The number of halogens is 2. The number of hydrogen-bond acceptors (Lipinski definition) is 6. The number of benzene rings is 4. The van der Waals surface area contributed by atoms with Crippen molar-refractivity contribution in [2.45, 2.75) is 6.61 Å². The van der Waals surface area contributed by atoms with Gasteiger partial charge in [0.2, 0.25) is 0 Å². The Morgan fingerprint density at radius 2 is 1.71 bits per heavy atom. The Labute approximate surface area is 230 Å². The van der Waals surface area contributed by atoms with Gasteiger partial charge in [0.1, 0.15) is 25.0 Å². The van der Waals surface area contributed by atoms with Gasteiger partial charge in [0.15, 0.2) is 11.5 Å². The molecule has 4 aromatic carbocycles. The first-order chi connectivity index (χ1) is 18.6. The van der Waals surface area contributed by atoms with Crippen LogP contribution in [0.4, 0.5) is 11.4 Å². The van der Waals surface area contributed by atoms with Crippen LogP contribution >= 0.6 is 23.2 Å². The van der Waals surface area contributed by atoms with Gasteiger partial charge in [0.25, 0.3) is 0 Å². The van der Waals surface area contributed by atoms with E-state index in [1.54, 1.807) is 19.4 Å². The van der Waals surface area contributed by atoms with E-state index in [4.69, 9.17) is 37.4 Å². The Balaban J connectivity index is 1.50. The van der Waals surface area contributed by atoms with E-state index in [1.807, 2.05) is 66.7 Å². The number of hydrogen-bond donors (Lipinski definition) is 1. The Hall–Kier alpha value is -4.18. The molecule has 0 aliphatic carbocycles. The summed E-state index contributed by atoms with van der Waals surface area (Å²) in [6.07, 6.45) is 1.56. The van der Waals surface area contributed by atoms with Crippen molar-refractivity contribution in [3.05, 3.63) is 95.1 Å². The van der Waals surface area contributed by atoms with Crippen molar-refractivity contribution >= 4 is 56.3 Å². The van der Waals surface area contributed by atoms with E-state index in [2.05, 4.69) is 16.4 Å². The van der Waals surface area contributed by atoms with Crippen LogP contribution in [-0.4, -0.2) is 24.6 Å². The van der Waals surface area contributed by atoms with Crippen molar-refractivity contribution in [2.75, 3.05) is 24.9 Å². The van der Waals surface area contributed by atoms with Crippen LogP contribution in [0.3, 0.4) is 0 Å². The molecule has 0 saturated carbocycles. The fourth-order valence-corrected chi connectivity index (χ4v) is 4.47. The Kier molecular flexibility index (Phi) is 7.69. The molecule has 5 rings (SSSR count). The average molecular weight is 544 g/mol. The Morgan fingerprint density at radius 3 is 2.45 bits per heavy atom. The lowest BCUT2D eigenvalue weighted by atomic mass is 10.0. The summed E-state index contributed by atoms with van der Waals surface area (Å²) in [6.45, 7) is 0.769. The highest BCUT2D eigenvalue weighted by Gasteiger charge is 2.14. The monoisotopic (exact) mass is 543 g/mol. The standard InChI is InChI=1S/C30H23Cl2N3O3/c1-36-28-13-21-12-26-24(11-20(21)14-29(28)37-10-9-31)30(22(16-33)17-34-26)35-23-7-8-27(25(32)15-23)38-18-19-5-3-2-4-6-19/h2-8,11-15,17H,9-10,18H2,1H3,(H,34,35). The molecule has 0 fully saturated rings. The van der Waals surface area contributed by atoms with Gasteiger partial charge in [-0.25, -0.2) is 0 Å². The summed E-state index contributed by atoms with van der Waals surface area (Å²) in [6, 6.07) is 25.3. The highest BCUT2D eigenvalue weighted by atomic mass is 35.5. The summed E-state index contributed by atoms with van der Waals surface area (Å²) in [7, 11) is 1.60. The van der Waals surface area contributed by atoms with E-state index < -0.39 is 0 Å². The highest BCUT2D eigenvalue weighted by molar-refractivity contribution is 6.32. The molecular weight excluding hydrogens is 521 g/mol. The minimum atomic E-state index is 0.357. The molecule has 0 saturated heterocycles. The molecule has 1 heterocycles. The number of ether oxygens (including phenoxy) is 3. The van der Waals surface area contributed by atoms with Crippen LogP contribution in [0.25, 0.3) is 21.7 Å². The lowest BCUT2D eigenvalue weighted by molar-refractivity contribution is 0.306. The number of rotatable bonds is 9. The summed E-state index contributed by atoms with van der Waals surface area (Å²) in [5.41, 5.74) is 3.53. The number of nitrogens with one attached hydrogen (secondary N) is 1. The lowest BCUT2D eigenvalue weighted by Crippen LogP contribution is -2.00. The molecule has 5 aromatic rings.